The second-order valence-corrected chi connectivity index (χ2v) is 6.72. The van der Waals surface area contributed by atoms with E-state index in [0.29, 0.717) is 54.3 Å². The van der Waals surface area contributed by atoms with Crippen LogP contribution in [0, 0.1) is 0 Å². The minimum atomic E-state index is -0.241. The number of rotatable bonds is 6. The highest BCUT2D eigenvalue weighted by Crippen LogP contribution is 2.37. The number of carbonyl (C=O) groups is 1. The van der Waals surface area contributed by atoms with Crippen LogP contribution in [0.4, 0.5) is 5.69 Å². The molecule has 0 spiro atoms. The molecule has 0 fully saturated rings. The number of nitrogens with zero attached hydrogens (tertiary/aromatic N) is 1. The number of hydrogen-bond donors (Lipinski definition) is 1. The van der Waals surface area contributed by atoms with E-state index in [1.54, 1.807) is 24.3 Å². The van der Waals surface area contributed by atoms with Crippen molar-refractivity contribution in [3.8, 4) is 17.2 Å². The predicted octanol–water partition coefficient (Wildman–Crippen LogP) is 4.74. The second kappa shape index (κ2) is 7.64. The number of benzene rings is 2. The van der Waals surface area contributed by atoms with Crippen molar-refractivity contribution in [3.05, 3.63) is 47.1 Å². The van der Waals surface area contributed by atoms with Crippen LogP contribution in [0.1, 0.15) is 24.3 Å². The third-order valence-corrected chi connectivity index (χ3v) is 4.91. The van der Waals surface area contributed by atoms with E-state index in [9.17, 15) is 4.79 Å². The van der Waals surface area contributed by atoms with Gasteiger partial charge in [0.15, 0.2) is 0 Å². The van der Waals surface area contributed by atoms with Crippen LogP contribution in [0.25, 0.3) is 10.9 Å². The van der Waals surface area contributed by atoms with E-state index >= 15 is 0 Å². The summed E-state index contributed by atoms with van der Waals surface area (Å²) in [5.41, 5.74) is 1.93. The summed E-state index contributed by atoms with van der Waals surface area (Å²) < 4.78 is 18.9. The summed E-state index contributed by atoms with van der Waals surface area (Å²) in [5, 5.41) is 4.35. The molecule has 1 aliphatic heterocycles. The lowest BCUT2D eigenvalue weighted by molar-refractivity contribution is 0.101. The molecule has 0 bridgehead atoms. The normalized spacial score (nSPS) is 12.5. The minimum Gasteiger partial charge on any atom is -0.494 e. The largest absolute Gasteiger partial charge is 0.494 e. The molecule has 1 aromatic heterocycles. The molecule has 1 amide bonds. The monoisotopic (exact) mass is 400 g/mol. The summed E-state index contributed by atoms with van der Waals surface area (Å²) in [6, 6.07) is 10.8. The van der Waals surface area contributed by atoms with Gasteiger partial charge in [0, 0.05) is 11.5 Å². The van der Waals surface area contributed by atoms with Crippen molar-refractivity contribution in [2.24, 2.45) is 0 Å². The van der Waals surface area contributed by atoms with Gasteiger partial charge in [0.25, 0.3) is 5.91 Å². The van der Waals surface area contributed by atoms with E-state index < -0.39 is 0 Å². The molecule has 2 heterocycles. The summed E-state index contributed by atoms with van der Waals surface area (Å²) in [6.07, 6.45) is 0. The number of halogens is 1. The topological polar surface area (TPSA) is 61.7 Å². The van der Waals surface area contributed by atoms with Gasteiger partial charge in [-0.1, -0.05) is 11.6 Å². The Morgan fingerprint density at radius 1 is 1.18 bits per heavy atom. The smallest absolute Gasteiger partial charge is 0.272 e. The van der Waals surface area contributed by atoms with Crippen molar-refractivity contribution in [2.75, 3.05) is 25.1 Å². The highest BCUT2D eigenvalue weighted by atomic mass is 35.5. The van der Waals surface area contributed by atoms with Crippen LogP contribution in [0.5, 0.6) is 17.2 Å². The Balaban J connectivity index is 1.73. The molecule has 7 heteroatoms. The standard InChI is InChI=1S/C21H21ClN2O4/c1-3-26-13-5-7-18(27-4-2)16(11-13)23-21(25)17-12-14-15(22)6-8-19-20(14)24(17)9-10-28-19/h5-8,11-12H,3-4,9-10H2,1-2H3,(H,23,25). The molecule has 28 heavy (non-hydrogen) atoms. The minimum absolute atomic E-state index is 0.241. The molecule has 0 atom stereocenters. The van der Waals surface area contributed by atoms with Gasteiger partial charge >= 0.3 is 0 Å². The zero-order valence-corrected chi connectivity index (χ0v) is 16.5. The summed E-state index contributed by atoms with van der Waals surface area (Å²) >= 11 is 6.35. The highest BCUT2D eigenvalue weighted by molar-refractivity contribution is 6.36. The molecule has 6 nitrogen and oxygen atoms in total. The van der Waals surface area contributed by atoms with Gasteiger partial charge in [-0.05, 0) is 44.2 Å². The zero-order valence-electron chi connectivity index (χ0n) is 15.8. The van der Waals surface area contributed by atoms with Gasteiger partial charge in [0.1, 0.15) is 29.5 Å². The third kappa shape index (κ3) is 3.24. The average molecular weight is 401 g/mol. The van der Waals surface area contributed by atoms with Crippen molar-refractivity contribution in [3.63, 3.8) is 0 Å². The Morgan fingerprint density at radius 3 is 2.79 bits per heavy atom. The molecular weight excluding hydrogens is 380 g/mol. The van der Waals surface area contributed by atoms with Crippen LogP contribution >= 0.6 is 11.6 Å². The number of aromatic nitrogens is 1. The molecule has 1 aliphatic rings. The molecule has 0 saturated carbocycles. The fraction of sp³-hybridized carbons (Fsp3) is 0.286. The van der Waals surface area contributed by atoms with E-state index in [1.807, 2.05) is 30.5 Å². The Labute approximate surface area is 167 Å². The number of amides is 1. The van der Waals surface area contributed by atoms with Crippen LogP contribution in [0.15, 0.2) is 36.4 Å². The van der Waals surface area contributed by atoms with Crippen molar-refractivity contribution >= 4 is 34.1 Å². The lowest BCUT2D eigenvalue weighted by Gasteiger charge is -2.19. The van der Waals surface area contributed by atoms with E-state index in [0.717, 1.165) is 16.7 Å². The molecule has 0 aliphatic carbocycles. The summed E-state index contributed by atoms with van der Waals surface area (Å²) in [5.74, 6) is 1.76. The van der Waals surface area contributed by atoms with Gasteiger partial charge < -0.3 is 24.1 Å². The van der Waals surface area contributed by atoms with Gasteiger partial charge in [0.05, 0.1) is 36.0 Å². The number of carbonyl (C=O) groups excluding carboxylic acids is 1. The lowest BCUT2D eigenvalue weighted by Crippen LogP contribution is -2.22. The van der Waals surface area contributed by atoms with Gasteiger partial charge in [-0.3, -0.25) is 4.79 Å². The molecule has 0 unspecified atom stereocenters. The predicted molar refractivity (Wildman–Crippen MR) is 109 cm³/mol. The maximum Gasteiger partial charge on any atom is 0.272 e. The summed E-state index contributed by atoms with van der Waals surface area (Å²) in [4.78, 5) is 13.1. The first-order chi connectivity index (χ1) is 13.6. The van der Waals surface area contributed by atoms with Crippen LogP contribution < -0.4 is 19.5 Å². The molecular formula is C21H21ClN2O4. The Morgan fingerprint density at radius 2 is 2.00 bits per heavy atom. The molecule has 3 aromatic rings. The van der Waals surface area contributed by atoms with Crippen LogP contribution in [0.2, 0.25) is 5.02 Å². The Hall–Kier alpha value is -2.86. The fourth-order valence-corrected chi connectivity index (χ4v) is 3.64. The first kappa shape index (κ1) is 18.5. The summed E-state index contributed by atoms with van der Waals surface area (Å²) in [6.45, 7) is 5.92. The highest BCUT2D eigenvalue weighted by Gasteiger charge is 2.23. The van der Waals surface area contributed by atoms with Crippen molar-refractivity contribution in [1.29, 1.82) is 0 Å². The number of ether oxygens (including phenoxy) is 3. The van der Waals surface area contributed by atoms with E-state index in [-0.39, 0.29) is 5.91 Å². The van der Waals surface area contributed by atoms with Crippen molar-refractivity contribution in [2.45, 2.75) is 20.4 Å². The summed E-state index contributed by atoms with van der Waals surface area (Å²) in [7, 11) is 0. The molecule has 0 radical (unpaired) electrons. The molecule has 1 N–H and O–H groups in total. The molecule has 2 aromatic carbocycles. The Kier molecular flexibility index (Phi) is 5.05. The van der Waals surface area contributed by atoms with Gasteiger partial charge in [0.2, 0.25) is 0 Å². The van der Waals surface area contributed by atoms with Crippen molar-refractivity contribution < 1.29 is 19.0 Å². The van der Waals surface area contributed by atoms with Gasteiger partial charge in [-0.2, -0.15) is 0 Å². The van der Waals surface area contributed by atoms with Gasteiger partial charge in [-0.25, -0.2) is 0 Å². The van der Waals surface area contributed by atoms with Crippen LogP contribution in [-0.2, 0) is 6.54 Å². The quantitative estimate of drug-likeness (QED) is 0.649. The first-order valence-electron chi connectivity index (χ1n) is 9.28. The number of nitrogens with one attached hydrogen (secondary N) is 1. The maximum absolute atomic E-state index is 13.1. The SMILES string of the molecule is CCOc1ccc(OCC)c(NC(=O)c2cc3c(Cl)ccc4c3n2CCO4)c1. The lowest BCUT2D eigenvalue weighted by atomic mass is 10.2. The van der Waals surface area contributed by atoms with E-state index in [1.165, 1.54) is 0 Å². The first-order valence-corrected chi connectivity index (χ1v) is 9.65. The zero-order chi connectivity index (χ0) is 19.7. The number of anilines is 1. The van der Waals surface area contributed by atoms with Crippen LogP contribution in [-0.4, -0.2) is 30.3 Å². The van der Waals surface area contributed by atoms with Crippen LogP contribution in [0.3, 0.4) is 0 Å². The molecule has 0 saturated heterocycles. The van der Waals surface area contributed by atoms with E-state index in [4.69, 9.17) is 25.8 Å². The second-order valence-electron chi connectivity index (χ2n) is 6.32. The van der Waals surface area contributed by atoms with Crippen molar-refractivity contribution in [1.82, 2.24) is 4.57 Å². The molecule has 146 valence electrons. The fourth-order valence-electron chi connectivity index (χ4n) is 3.43. The number of hydrogen-bond acceptors (Lipinski definition) is 4. The average Bonchev–Trinajstić information content (AvgIpc) is 3.09. The van der Waals surface area contributed by atoms with E-state index in [2.05, 4.69) is 5.32 Å². The van der Waals surface area contributed by atoms with Gasteiger partial charge in [-0.15, -0.1) is 0 Å². The maximum atomic E-state index is 13.1. The third-order valence-electron chi connectivity index (χ3n) is 4.58. The molecule has 4 rings (SSSR count). The Bertz CT molecular complexity index is 1040.